The quantitative estimate of drug-likeness (QED) is 0.127. The van der Waals surface area contributed by atoms with E-state index in [-0.39, 0.29) is 0 Å². The lowest BCUT2D eigenvalue weighted by Gasteiger charge is -2.25. The summed E-state index contributed by atoms with van der Waals surface area (Å²) in [4.78, 5) is 6.50. The van der Waals surface area contributed by atoms with Crippen LogP contribution in [0.25, 0.3) is 0 Å². The number of rotatable bonds is 18. The van der Waals surface area contributed by atoms with Crippen molar-refractivity contribution in [1.82, 2.24) is 15.5 Å². The molecule has 0 aliphatic carbocycles. The molecule has 0 aliphatic rings. The molecule has 3 aromatic rings. The van der Waals surface area contributed by atoms with Crippen molar-refractivity contribution in [3.05, 3.63) is 108 Å². The smallest absolute Gasteiger partial charge is 0.118 e. The summed E-state index contributed by atoms with van der Waals surface area (Å²) in [6, 6.07) is 29.8. The van der Waals surface area contributed by atoms with Crippen LogP contribution in [0.1, 0.15) is 16.7 Å². The molecule has 38 heavy (non-hydrogen) atoms. The maximum absolute atomic E-state index is 8.53. The summed E-state index contributed by atoms with van der Waals surface area (Å²) in [7, 11) is 0. The van der Waals surface area contributed by atoms with E-state index in [1.165, 1.54) is 11.1 Å². The molecule has 0 saturated carbocycles. The highest BCUT2D eigenvalue weighted by Crippen LogP contribution is 2.03. The highest BCUT2D eigenvalue weighted by molar-refractivity contribution is 5.88. The SMILES string of the molecule is N=NC(C=NCc1ccccc1)CN(CC(=N)CNCc1ccccc1)CC(=N)CNCc1ccccc1. The van der Waals surface area contributed by atoms with Crippen molar-refractivity contribution in [3.8, 4) is 0 Å². The largest absolute Gasteiger partial charge is 0.307 e. The maximum atomic E-state index is 8.53. The molecule has 0 heterocycles. The molecule has 8 nitrogen and oxygen atoms in total. The van der Waals surface area contributed by atoms with Crippen molar-refractivity contribution in [3.63, 3.8) is 0 Å². The van der Waals surface area contributed by atoms with E-state index in [4.69, 9.17) is 16.3 Å². The Bertz CT molecular complexity index is 1070. The van der Waals surface area contributed by atoms with Gasteiger partial charge in [-0.25, -0.2) is 5.53 Å². The third-order valence-corrected chi connectivity index (χ3v) is 5.85. The van der Waals surface area contributed by atoms with E-state index in [9.17, 15) is 0 Å². The minimum absolute atomic E-state index is 0.390. The van der Waals surface area contributed by atoms with Crippen molar-refractivity contribution in [2.24, 2.45) is 10.1 Å². The van der Waals surface area contributed by atoms with E-state index in [1.54, 1.807) is 6.21 Å². The van der Waals surface area contributed by atoms with Gasteiger partial charge in [0.05, 0.1) is 6.54 Å². The van der Waals surface area contributed by atoms with E-state index >= 15 is 0 Å². The molecule has 1 atom stereocenters. The van der Waals surface area contributed by atoms with Crippen molar-refractivity contribution >= 4 is 17.6 Å². The van der Waals surface area contributed by atoms with Crippen LogP contribution in [-0.4, -0.2) is 61.3 Å². The zero-order valence-corrected chi connectivity index (χ0v) is 21.8. The summed E-state index contributed by atoms with van der Waals surface area (Å²) in [6.45, 7) is 4.03. The molecule has 5 N–H and O–H groups in total. The third kappa shape index (κ3) is 11.5. The van der Waals surface area contributed by atoms with Crippen LogP contribution in [0.2, 0.25) is 0 Å². The molecule has 0 aromatic heterocycles. The van der Waals surface area contributed by atoms with Crippen LogP contribution in [0.15, 0.2) is 101 Å². The molecular weight excluding hydrogens is 472 g/mol. The fraction of sp³-hybridized carbons (Fsp3) is 0.300. The van der Waals surface area contributed by atoms with Gasteiger partial charge in [0, 0.05) is 63.5 Å². The molecule has 8 heteroatoms. The lowest BCUT2D eigenvalue weighted by molar-refractivity contribution is 0.343. The van der Waals surface area contributed by atoms with Crippen molar-refractivity contribution in [2.75, 3.05) is 32.7 Å². The second-order valence-corrected chi connectivity index (χ2v) is 9.23. The molecule has 0 amide bonds. The first kappa shape index (κ1) is 28.7. The summed E-state index contributed by atoms with van der Waals surface area (Å²) < 4.78 is 0. The number of nitrogens with zero attached hydrogens (tertiary/aromatic N) is 3. The lowest BCUT2D eigenvalue weighted by Crippen LogP contribution is -2.43. The molecule has 198 valence electrons. The first-order chi connectivity index (χ1) is 18.6. The molecule has 1 unspecified atom stereocenters. The monoisotopic (exact) mass is 510 g/mol. The van der Waals surface area contributed by atoms with Gasteiger partial charge in [-0.05, 0) is 16.7 Å². The normalized spacial score (nSPS) is 12.0. The number of aliphatic imine (C=N–C) groups is 1. The molecule has 0 aliphatic heterocycles. The van der Waals surface area contributed by atoms with Gasteiger partial charge in [0.25, 0.3) is 0 Å². The van der Waals surface area contributed by atoms with Crippen LogP contribution < -0.4 is 10.6 Å². The van der Waals surface area contributed by atoms with Crippen LogP contribution in [0, 0.1) is 16.3 Å². The minimum Gasteiger partial charge on any atom is -0.307 e. The van der Waals surface area contributed by atoms with Crippen LogP contribution in [0.3, 0.4) is 0 Å². The summed E-state index contributed by atoms with van der Waals surface area (Å²) in [5.41, 5.74) is 12.2. The van der Waals surface area contributed by atoms with Gasteiger partial charge in [-0.3, -0.25) is 9.89 Å². The fourth-order valence-electron chi connectivity index (χ4n) is 3.99. The van der Waals surface area contributed by atoms with Gasteiger partial charge in [-0.2, -0.15) is 5.11 Å². The first-order valence-electron chi connectivity index (χ1n) is 12.9. The predicted octanol–water partition coefficient (Wildman–Crippen LogP) is 4.58. The second kappa shape index (κ2) is 16.8. The van der Waals surface area contributed by atoms with Crippen LogP contribution in [0.4, 0.5) is 0 Å². The van der Waals surface area contributed by atoms with Gasteiger partial charge in [-0.1, -0.05) is 91.0 Å². The molecule has 0 saturated heterocycles. The Morgan fingerprint density at radius 1 is 0.711 bits per heavy atom. The Labute approximate surface area is 225 Å². The number of hydrogen-bond acceptors (Lipinski definition) is 8. The van der Waals surface area contributed by atoms with Gasteiger partial charge < -0.3 is 21.5 Å². The predicted molar refractivity (Wildman–Crippen MR) is 156 cm³/mol. The highest BCUT2D eigenvalue weighted by Gasteiger charge is 2.16. The Balaban J connectivity index is 1.53. The standard InChI is InChI=1S/C30H38N8/c31-28(19-34-16-25-10-4-1-5-11-25)22-38(23-29(32)20-35-17-26-12-6-2-7-13-26)24-30(37-33)21-36-18-27-14-8-3-9-15-27/h1-15,21,30-35H,16-20,22-24H2. The van der Waals surface area contributed by atoms with Gasteiger partial charge in [0.2, 0.25) is 0 Å². The Kier molecular flexibility index (Phi) is 12.7. The average Bonchev–Trinajstić information content (AvgIpc) is 2.94. The zero-order valence-electron chi connectivity index (χ0n) is 21.8. The Morgan fingerprint density at radius 2 is 1.16 bits per heavy atom. The topological polar surface area (TPSA) is 124 Å². The molecular formula is C30H38N8. The zero-order chi connectivity index (χ0) is 26.8. The molecule has 0 radical (unpaired) electrons. The summed E-state index contributed by atoms with van der Waals surface area (Å²) >= 11 is 0. The van der Waals surface area contributed by atoms with Gasteiger partial charge in [0.1, 0.15) is 6.04 Å². The summed E-state index contributed by atoms with van der Waals surface area (Å²) in [5.74, 6) is 0. The van der Waals surface area contributed by atoms with E-state index in [2.05, 4.69) is 45.0 Å². The fourth-order valence-corrected chi connectivity index (χ4v) is 3.99. The van der Waals surface area contributed by atoms with E-state index in [0.717, 1.165) is 5.56 Å². The van der Waals surface area contributed by atoms with Gasteiger partial charge in [-0.15, -0.1) is 0 Å². The summed E-state index contributed by atoms with van der Waals surface area (Å²) in [5, 5.41) is 27.5. The average molecular weight is 511 g/mol. The number of hydrogen-bond donors (Lipinski definition) is 5. The molecule has 0 fully saturated rings. The highest BCUT2D eigenvalue weighted by atomic mass is 15.2. The van der Waals surface area contributed by atoms with Crippen LogP contribution in [-0.2, 0) is 19.6 Å². The molecule has 0 bridgehead atoms. The lowest BCUT2D eigenvalue weighted by atomic mass is 10.2. The van der Waals surface area contributed by atoms with Crippen molar-refractivity contribution < 1.29 is 0 Å². The van der Waals surface area contributed by atoms with E-state index in [1.807, 2.05) is 71.6 Å². The Morgan fingerprint density at radius 3 is 1.61 bits per heavy atom. The summed E-state index contributed by atoms with van der Waals surface area (Å²) in [6.07, 6.45) is 1.71. The van der Waals surface area contributed by atoms with Crippen LogP contribution >= 0.6 is 0 Å². The number of benzene rings is 3. The maximum Gasteiger partial charge on any atom is 0.118 e. The third-order valence-electron chi connectivity index (χ3n) is 5.85. The van der Waals surface area contributed by atoms with Gasteiger partial charge in [0.15, 0.2) is 0 Å². The Hall–Kier alpha value is -3.85. The van der Waals surface area contributed by atoms with Crippen molar-refractivity contribution in [2.45, 2.75) is 25.7 Å². The van der Waals surface area contributed by atoms with Crippen molar-refractivity contribution in [1.29, 1.82) is 16.3 Å². The minimum atomic E-state index is -0.436. The number of nitrogens with one attached hydrogen (secondary N) is 5. The van der Waals surface area contributed by atoms with Crippen LogP contribution in [0.5, 0.6) is 0 Å². The molecule has 0 spiro atoms. The first-order valence-corrected chi connectivity index (χ1v) is 12.9. The van der Waals surface area contributed by atoms with E-state index in [0.29, 0.717) is 63.8 Å². The second-order valence-electron chi connectivity index (χ2n) is 9.23. The molecule has 3 aromatic carbocycles. The molecule has 3 rings (SSSR count). The van der Waals surface area contributed by atoms with E-state index < -0.39 is 6.04 Å². The van der Waals surface area contributed by atoms with Gasteiger partial charge >= 0.3 is 0 Å².